The fourth-order valence-electron chi connectivity index (χ4n) is 2.58. The van der Waals surface area contributed by atoms with Gasteiger partial charge < -0.3 is 14.4 Å². The molecule has 1 N–H and O–H groups in total. The Morgan fingerprint density at radius 2 is 1.88 bits per heavy atom. The Balaban J connectivity index is 1.92. The van der Waals surface area contributed by atoms with Crippen LogP contribution in [0.4, 0.5) is 0 Å². The summed E-state index contributed by atoms with van der Waals surface area (Å²) in [6, 6.07) is 14.9. The van der Waals surface area contributed by atoms with Crippen LogP contribution in [0.3, 0.4) is 0 Å². The Kier molecular flexibility index (Phi) is 4.29. The van der Waals surface area contributed by atoms with Crippen LogP contribution < -0.4 is 0 Å². The summed E-state index contributed by atoms with van der Waals surface area (Å²) >= 11 is 0. The lowest BCUT2D eigenvalue weighted by molar-refractivity contribution is -0.137. The number of fused-ring (bicyclic) bond motifs is 1. The SMILES string of the molecule is Cc1cccc2nc(C(=O)N(CC(=O)O)Cc3ccccc3)cn12. The maximum atomic E-state index is 12.8. The molecule has 1 amide bonds. The first-order chi connectivity index (χ1) is 11.5. The van der Waals surface area contributed by atoms with Gasteiger partial charge in [0.1, 0.15) is 17.9 Å². The van der Waals surface area contributed by atoms with Crippen molar-refractivity contribution in [1.82, 2.24) is 14.3 Å². The third kappa shape index (κ3) is 3.27. The number of carboxylic acids is 1. The Labute approximate surface area is 139 Å². The van der Waals surface area contributed by atoms with E-state index in [0.717, 1.165) is 11.3 Å². The topological polar surface area (TPSA) is 74.9 Å². The molecular formula is C18H17N3O3. The summed E-state index contributed by atoms with van der Waals surface area (Å²) in [5, 5.41) is 9.12. The van der Waals surface area contributed by atoms with Crippen molar-refractivity contribution in [3.8, 4) is 0 Å². The third-order valence-corrected chi connectivity index (χ3v) is 3.74. The molecule has 0 aliphatic carbocycles. The van der Waals surface area contributed by atoms with Gasteiger partial charge in [-0.05, 0) is 24.6 Å². The average Bonchev–Trinajstić information content (AvgIpc) is 3.00. The van der Waals surface area contributed by atoms with E-state index >= 15 is 0 Å². The summed E-state index contributed by atoms with van der Waals surface area (Å²) in [6.07, 6.45) is 1.65. The van der Waals surface area contributed by atoms with Crippen molar-refractivity contribution in [3.63, 3.8) is 0 Å². The zero-order valence-electron chi connectivity index (χ0n) is 13.2. The number of hydrogen-bond acceptors (Lipinski definition) is 3. The molecule has 24 heavy (non-hydrogen) atoms. The summed E-state index contributed by atoms with van der Waals surface area (Å²) in [6.45, 7) is 1.77. The maximum Gasteiger partial charge on any atom is 0.323 e. The van der Waals surface area contributed by atoms with E-state index in [0.29, 0.717) is 5.65 Å². The molecular weight excluding hydrogens is 306 g/mol. The second kappa shape index (κ2) is 6.54. The van der Waals surface area contributed by atoms with Gasteiger partial charge in [-0.1, -0.05) is 36.4 Å². The second-order valence-corrected chi connectivity index (χ2v) is 5.56. The van der Waals surface area contributed by atoms with Gasteiger partial charge in [-0.15, -0.1) is 0 Å². The molecule has 2 heterocycles. The standard InChI is InChI=1S/C18H17N3O3/c1-13-6-5-9-16-19-15(11-21(13)16)18(24)20(12-17(22)23)10-14-7-3-2-4-8-14/h2-9,11H,10,12H2,1H3,(H,22,23). The molecule has 6 heteroatoms. The van der Waals surface area contributed by atoms with Gasteiger partial charge in [0, 0.05) is 18.4 Å². The van der Waals surface area contributed by atoms with Gasteiger partial charge in [-0.25, -0.2) is 4.98 Å². The molecule has 0 fully saturated rings. The van der Waals surface area contributed by atoms with Crippen molar-refractivity contribution in [2.24, 2.45) is 0 Å². The molecule has 3 rings (SSSR count). The summed E-state index contributed by atoms with van der Waals surface area (Å²) in [5.74, 6) is -1.46. The van der Waals surface area contributed by atoms with E-state index in [1.807, 2.05) is 59.9 Å². The molecule has 0 bridgehead atoms. The minimum atomic E-state index is -1.06. The van der Waals surface area contributed by atoms with Gasteiger partial charge in [0.15, 0.2) is 0 Å². The first-order valence-electron chi connectivity index (χ1n) is 7.54. The first-order valence-corrected chi connectivity index (χ1v) is 7.54. The van der Waals surface area contributed by atoms with Crippen molar-refractivity contribution >= 4 is 17.5 Å². The van der Waals surface area contributed by atoms with Crippen LogP contribution in [0, 0.1) is 6.92 Å². The number of imidazole rings is 1. The Bertz CT molecular complexity index is 887. The van der Waals surface area contributed by atoms with Crippen molar-refractivity contribution in [2.75, 3.05) is 6.54 Å². The Morgan fingerprint density at radius 1 is 1.12 bits per heavy atom. The first kappa shape index (κ1) is 15.7. The number of benzene rings is 1. The highest BCUT2D eigenvalue weighted by Gasteiger charge is 2.21. The van der Waals surface area contributed by atoms with Gasteiger partial charge in [0.25, 0.3) is 5.91 Å². The van der Waals surface area contributed by atoms with E-state index in [1.165, 1.54) is 4.90 Å². The quantitative estimate of drug-likeness (QED) is 0.782. The molecule has 0 spiro atoms. The molecule has 0 aliphatic heterocycles. The molecule has 2 aromatic heterocycles. The van der Waals surface area contributed by atoms with Crippen LogP contribution >= 0.6 is 0 Å². The smallest absolute Gasteiger partial charge is 0.323 e. The van der Waals surface area contributed by atoms with Gasteiger partial charge in [-0.2, -0.15) is 0 Å². The molecule has 0 atom stereocenters. The van der Waals surface area contributed by atoms with Crippen molar-refractivity contribution in [3.05, 3.63) is 71.7 Å². The van der Waals surface area contributed by atoms with Crippen molar-refractivity contribution < 1.29 is 14.7 Å². The zero-order chi connectivity index (χ0) is 17.1. The number of aliphatic carboxylic acids is 1. The van der Waals surface area contributed by atoms with E-state index in [2.05, 4.69) is 4.98 Å². The van der Waals surface area contributed by atoms with Crippen LogP contribution in [0.1, 0.15) is 21.7 Å². The van der Waals surface area contributed by atoms with E-state index in [-0.39, 0.29) is 18.8 Å². The highest BCUT2D eigenvalue weighted by atomic mass is 16.4. The van der Waals surface area contributed by atoms with E-state index in [4.69, 9.17) is 5.11 Å². The summed E-state index contributed by atoms with van der Waals surface area (Å²) in [7, 11) is 0. The fourth-order valence-corrected chi connectivity index (χ4v) is 2.58. The lowest BCUT2D eigenvalue weighted by Crippen LogP contribution is -2.35. The van der Waals surface area contributed by atoms with Gasteiger partial charge in [0.2, 0.25) is 0 Å². The number of carbonyl (C=O) groups is 2. The van der Waals surface area contributed by atoms with Crippen LogP contribution in [0.5, 0.6) is 0 Å². The lowest BCUT2D eigenvalue weighted by atomic mass is 10.2. The van der Waals surface area contributed by atoms with Gasteiger partial charge in [0.05, 0.1) is 0 Å². The number of pyridine rings is 1. The summed E-state index contributed by atoms with van der Waals surface area (Å²) < 4.78 is 1.81. The largest absolute Gasteiger partial charge is 0.480 e. The minimum absolute atomic E-state index is 0.221. The van der Waals surface area contributed by atoms with Crippen LogP contribution in [0.15, 0.2) is 54.7 Å². The van der Waals surface area contributed by atoms with E-state index in [1.54, 1.807) is 6.20 Å². The molecule has 122 valence electrons. The van der Waals surface area contributed by atoms with E-state index < -0.39 is 11.9 Å². The summed E-state index contributed by atoms with van der Waals surface area (Å²) in [5.41, 5.74) is 2.72. The summed E-state index contributed by atoms with van der Waals surface area (Å²) in [4.78, 5) is 29.5. The molecule has 0 radical (unpaired) electrons. The fraction of sp³-hybridized carbons (Fsp3) is 0.167. The number of nitrogens with zero attached hydrogens (tertiary/aromatic N) is 3. The van der Waals surface area contributed by atoms with Gasteiger partial charge in [-0.3, -0.25) is 9.59 Å². The van der Waals surface area contributed by atoms with Crippen LogP contribution in [-0.4, -0.2) is 37.8 Å². The second-order valence-electron chi connectivity index (χ2n) is 5.56. The molecule has 0 saturated carbocycles. The monoisotopic (exact) mass is 323 g/mol. The molecule has 0 saturated heterocycles. The Morgan fingerprint density at radius 3 is 2.54 bits per heavy atom. The normalized spacial score (nSPS) is 10.7. The minimum Gasteiger partial charge on any atom is -0.480 e. The number of carbonyl (C=O) groups excluding carboxylic acids is 1. The predicted octanol–water partition coefficient (Wildman–Crippen LogP) is 2.37. The van der Waals surface area contributed by atoms with Gasteiger partial charge >= 0.3 is 5.97 Å². The zero-order valence-corrected chi connectivity index (χ0v) is 13.2. The van der Waals surface area contributed by atoms with Crippen molar-refractivity contribution in [2.45, 2.75) is 13.5 Å². The Hall–Kier alpha value is -3.15. The van der Waals surface area contributed by atoms with Crippen LogP contribution in [-0.2, 0) is 11.3 Å². The molecule has 3 aromatic rings. The molecule has 1 aromatic carbocycles. The predicted molar refractivity (Wildman–Crippen MR) is 88.7 cm³/mol. The average molecular weight is 323 g/mol. The number of hydrogen-bond donors (Lipinski definition) is 1. The number of rotatable bonds is 5. The number of aryl methyl sites for hydroxylation is 1. The molecule has 0 aliphatic rings. The van der Waals surface area contributed by atoms with Crippen LogP contribution in [0.2, 0.25) is 0 Å². The van der Waals surface area contributed by atoms with Crippen LogP contribution in [0.25, 0.3) is 5.65 Å². The van der Waals surface area contributed by atoms with Crippen molar-refractivity contribution in [1.29, 1.82) is 0 Å². The number of aromatic nitrogens is 2. The number of amides is 1. The molecule has 0 unspecified atom stereocenters. The lowest BCUT2D eigenvalue weighted by Gasteiger charge is -2.19. The third-order valence-electron chi connectivity index (χ3n) is 3.74. The van der Waals surface area contributed by atoms with E-state index in [9.17, 15) is 9.59 Å². The maximum absolute atomic E-state index is 12.8. The molecule has 6 nitrogen and oxygen atoms in total. The highest BCUT2D eigenvalue weighted by molar-refractivity contribution is 5.94. The highest BCUT2D eigenvalue weighted by Crippen LogP contribution is 2.13. The number of carboxylic acid groups (broad SMARTS) is 1.